The SMILES string of the molecule is COCCOCCC(=O)N1CCCc2c(N)cccc21. The Labute approximate surface area is 119 Å². The number of ether oxygens (including phenoxy) is 2. The van der Waals surface area contributed by atoms with Crippen LogP contribution in [0.3, 0.4) is 0 Å². The predicted molar refractivity (Wildman–Crippen MR) is 78.8 cm³/mol. The molecule has 110 valence electrons. The number of rotatable bonds is 6. The number of benzene rings is 1. The minimum Gasteiger partial charge on any atom is -0.398 e. The lowest BCUT2D eigenvalue weighted by molar-refractivity contribution is -0.119. The monoisotopic (exact) mass is 278 g/mol. The Balaban J connectivity index is 1.93. The molecule has 1 aliphatic rings. The van der Waals surface area contributed by atoms with Gasteiger partial charge in [0.15, 0.2) is 0 Å². The zero-order valence-electron chi connectivity index (χ0n) is 11.9. The van der Waals surface area contributed by atoms with Crippen LogP contribution in [-0.2, 0) is 20.7 Å². The van der Waals surface area contributed by atoms with E-state index in [4.69, 9.17) is 15.2 Å². The summed E-state index contributed by atoms with van der Waals surface area (Å²) in [6.07, 6.45) is 2.28. The van der Waals surface area contributed by atoms with E-state index in [1.807, 2.05) is 23.1 Å². The molecule has 0 unspecified atom stereocenters. The molecular formula is C15H22N2O3. The Bertz CT molecular complexity index is 462. The summed E-state index contributed by atoms with van der Waals surface area (Å²) in [7, 11) is 1.63. The van der Waals surface area contributed by atoms with Gasteiger partial charge in [0, 0.05) is 25.0 Å². The van der Waals surface area contributed by atoms with Crippen molar-refractivity contribution in [3.05, 3.63) is 23.8 Å². The average Bonchev–Trinajstić information content (AvgIpc) is 2.47. The molecule has 5 heteroatoms. The molecular weight excluding hydrogens is 256 g/mol. The lowest BCUT2D eigenvalue weighted by atomic mass is 9.99. The third-order valence-electron chi connectivity index (χ3n) is 3.48. The van der Waals surface area contributed by atoms with Crippen LogP contribution in [0.2, 0.25) is 0 Å². The van der Waals surface area contributed by atoms with E-state index >= 15 is 0 Å². The molecule has 2 N–H and O–H groups in total. The Hall–Kier alpha value is -1.59. The molecule has 0 fully saturated rings. The van der Waals surface area contributed by atoms with Crippen LogP contribution in [0.5, 0.6) is 0 Å². The number of methoxy groups -OCH3 is 1. The summed E-state index contributed by atoms with van der Waals surface area (Å²) >= 11 is 0. The van der Waals surface area contributed by atoms with E-state index in [2.05, 4.69) is 0 Å². The highest BCUT2D eigenvalue weighted by Gasteiger charge is 2.23. The molecule has 1 aromatic rings. The highest BCUT2D eigenvalue weighted by Crippen LogP contribution is 2.31. The number of fused-ring (bicyclic) bond motifs is 1. The molecule has 0 atom stereocenters. The molecule has 1 aliphatic heterocycles. The van der Waals surface area contributed by atoms with Crippen LogP contribution in [0.4, 0.5) is 11.4 Å². The number of hydrogen-bond donors (Lipinski definition) is 1. The van der Waals surface area contributed by atoms with E-state index in [1.54, 1.807) is 7.11 Å². The van der Waals surface area contributed by atoms with Crippen LogP contribution in [0.15, 0.2) is 18.2 Å². The number of amides is 1. The van der Waals surface area contributed by atoms with E-state index in [-0.39, 0.29) is 5.91 Å². The third kappa shape index (κ3) is 3.49. The highest BCUT2D eigenvalue weighted by molar-refractivity contribution is 5.95. The summed E-state index contributed by atoms with van der Waals surface area (Å²) in [5, 5.41) is 0. The number of anilines is 2. The summed E-state index contributed by atoms with van der Waals surface area (Å²) in [6.45, 7) is 2.26. The van der Waals surface area contributed by atoms with Crippen molar-refractivity contribution >= 4 is 17.3 Å². The van der Waals surface area contributed by atoms with Gasteiger partial charge in [0.05, 0.1) is 26.2 Å². The molecule has 0 saturated carbocycles. The zero-order valence-corrected chi connectivity index (χ0v) is 11.9. The summed E-state index contributed by atoms with van der Waals surface area (Å²) < 4.78 is 10.2. The zero-order chi connectivity index (χ0) is 14.4. The summed E-state index contributed by atoms with van der Waals surface area (Å²) in [6, 6.07) is 5.75. The number of nitrogen functional groups attached to an aromatic ring is 1. The lowest BCUT2D eigenvalue weighted by Crippen LogP contribution is -2.36. The van der Waals surface area contributed by atoms with E-state index in [9.17, 15) is 4.79 Å². The molecule has 0 aromatic heterocycles. The molecule has 0 aliphatic carbocycles. The smallest absolute Gasteiger partial charge is 0.229 e. The van der Waals surface area contributed by atoms with Crippen LogP contribution in [0, 0.1) is 0 Å². The standard InChI is InChI=1S/C15H22N2O3/c1-19-10-11-20-9-7-15(18)17-8-3-4-12-13(16)5-2-6-14(12)17/h2,5-6H,3-4,7-11,16H2,1H3. The summed E-state index contributed by atoms with van der Waals surface area (Å²) in [5.74, 6) is 0.0916. The molecule has 1 heterocycles. The van der Waals surface area contributed by atoms with Gasteiger partial charge >= 0.3 is 0 Å². The van der Waals surface area contributed by atoms with Gasteiger partial charge in [-0.05, 0) is 30.5 Å². The van der Waals surface area contributed by atoms with Gasteiger partial charge in [-0.1, -0.05) is 6.07 Å². The largest absolute Gasteiger partial charge is 0.398 e. The quantitative estimate of drug-likeness (QED) is 0.634. The summed E-state index contributed by atoms with van der Waals surface area (Å²) in [4.78, 5) is 14.1. The van der Waals surface area contributed by atoms with Gasteiger partial charge in [0.1, 0.15) is 0 Å². The maximum atomic E-state index is 12.3. The Kier molecular flexibility index (Phi) is 5.38. The van der Waals surface area contributed by atoms with Crippen LogP contribution in [0.25, 0.3) is 0 Å². The Morgan fingerprint density at radius 1 is 1.35 bits per heavy atom. The highest BCUT2D eigenvalue weighted by atomic mass is 16.5. The van der Waals surface area contributed by atoms with Crippen molar-refractivity contribution in [2.75, 3.05) is 44.1 Å². The molecule has 20 heavy (non-hydrogen) atoms. The maximum absolute atomic E-state index is 12.3. The van der Waals surface area contributed by atoms with Crippen molar-refractivity contribution in [2.45, 2.75) is 19.3 Å². The minimum atomic E-state index is 0.0916. The first-order valence-corrected chi connectivity index (χ1v) is 6.98. The Morgan fingerprint density at radius 2 is 2.20 bits per heavy atom. The molecule has 0 spiro atoms. The van der Waals surface area contributed by atoms with Gasteiger partial charge in [0.2, 0.25) is 5.91 Å². The van der Waals surface area contributed by atoms with Gasteiger partial charge in [-0.2, -0.15) is 0 Å². The predicted octanol–water partition coefficient (Wildman–Crippen LogP) is 1.60. The molecule has 5 nitrogen and oxygen atoms in total. The van der Waals surface area contributed by atoms with Gasteiger partial charge in [-0.25, -0.2) is 0 Å². The minimum absolute atomic E-state index is 0.0916. The second kappa shape index (κ2) is 7.26. The normalized spacial score (nSPS) is 14.2. The second-order valence-electron chi connectivity index (χ2n) is 4.85. The molecule has 1 aromatic carbocycles. The first-order chi connectivity index (χ1) is 9.74. The Morgan fingerprint density at radius 3 is 3.00 bits per heavy atom. The molecule has 2 rings (SSSR count). The van der Waals surface area contributed by atoms with Gasteiger partial charge in [0.25, 0.3) is 0 Å². The van der Waals surface area contributed by atoms with Crippen LogP contribution in [0.1, 0.15) is 18.4 Å². The van der Waals surface area contributed by atoms with Gasteiger partial charge in [-0.3, -0.25) is 4.79 Å². The van der Waals surface area contributed by atoms with Crippen molar-refractivity contribution in [3.63, 3.8) is 0 Å². The first-order valence-electron chi connectivity index (χ1n) is 6.98. The summed E-state index contributed by atoms with van der Waals surface area (Å²) in [5.41, 5.74) is 8.80. The van der Waals surface area contributed by atoms with E-state index in [0.29, 0.717) is 26.2 Å². The van der Waals surface area contributed by atoms with Gasteiger partial charge in [-0.15, -0.1) is 0 Å². The maximum Gasteiger partial charge on any atom is 0.229 e. The van der Waals surface area contributed by atoms with Crippen molar-refractivity contribution in [2.24, 2.45) is 0 Å². The van der Waals surface area contributed by atoms with Crippen LogP contribution >= 0.6 is 0 Å². The van der Waals surface area contributed by atoms with Crippen molar-refractivity contribution in [1.29, 1.82) is 0 Å². The van der Waals surface area contributed by atoms with E-state index in [0.717, 1.165) is 36.3 Å². The first kappa shape index (κ1) is 14.8. The number of nitrogens with two attached hydrogens (primary N) is 1. The molecule has 1 amide bonds. The molecule has 0 radical (unpaired) electrons. The van der Waals surface area contributed by atoms with Crippen molar-refractivity contribution in [3.8, 4) is 0 Å². The van der Waals surface area contributed by atoms with E-state index < -0.39 is 0 Å². The fraction of sp³-hybridized carbons (Fsp3) is 0.533. The second-order valence-corrected chi connectivity index (χ2v) is 4.85. The number of hydrogen-bond acceptors (Lipinski definition) is 4. The fourth-order valence-electron chi connectivity index (χ4n) is 2.45. The fourth-order valence-corrected chi connectivity index (χ4v) is 2.45. The lowest BCUT2D eigenvalue weighted by Gasteiger charge is -2.30. The molecule has 0 saturated heterocycles. The van der Waals surface area contributed by atoms with Crippen molar-refractivity contribution < 1.29 is 14.3 Å². The number of carbonyl (C=O) groups is 1. The van der Waals surface area contributed by atoms with Crippen molar-refractivity contribution in [1.82, 2.24) is 0 Å². The molecule has 0 bridgehead atoms. The van der Waals surface area contributed by atoms with Crippen LogP contribution < -0.4 is 10.6 Å². The van der Waals surface area contributed by atoms with Gasteiger partial charge < -0.3 is 20.1 Å². The third-order valence-corrected chi connectivity index (χ3v) is 3.48. The number of nitrogens with zero attached hydrogens (tertiary/aromatic N) is 1. The average molecular weight is 278 g/mol. The van der Waals surface area contributed by atoms with E-state index in [1.165, 1.54) is 0 Å². The number of carbonyl (C=O) groups excluding carboxylic acids is 1. The topological polar surface area (TPSA) is 64.8 Å². The van der Waals surface area contributed by atoms with Crippen LogP contribution in [-0.4, -0.2) is 39.4 Å².